The predicted molar refractivity (Wildman–Crippen MR) is 46.8 cm³/mol. The molecule has 0 saturated carbocycles. The summed E-state index contributed by atoms with van der Waals surface area (Å²) in [4.78, 5) is 16.5. The number of aromatic nitrogens is 2. The highest BCUT2D eigenvalue weighted by Crippen LogP contribution is 2.12. The van der Waals surface area contributed by atoms with Gasteiger partial charge in [-0.2, -0.15) is 0 Å². The first-order chi connectivity index (χ1) is 5.81. The van der Waals surface area contributed by atoms with Crippen LogP contribution in [0.3, 0.4) is 0 Å². The molecule has 4 heteroatoms. The molecule has 0 spiro atoms. The molecule has 2 heterocycles. The van der Waals surface area contributed by atoms with E-state index >= 15 is 0 Å². The number of rotatable bonds is 1. The Balaban J connectivity index is 2.81. The third-order valence-corrected chi connectivity index (χ3v) is 1.88. The Kier molecular flexibility index (Phi) is 1.48. The molecule has 0 aromatic carbocycles. The van der Waals surface area contributed by atoms with Gasteiger partial charge in [-0.15, -0.1) is 0 Å². The molecule has 0 bridgehead atoms. The van der Waals surface area contributed by atoms with Crippen LogP contribution in [0.4, 0.5) is 0 Å². The summed E-state index contributed by atoms with van der Waals surface area (Å²) in [7, 11) is 0. The van der Waals surface area contributed by atoms with Crippen molar-refractivity contribution >= 4 is 11.0 Å². The number of aromatic amines is 2. The minimum Gasteiger partial charge on any atom is -0.347 e. The summed E-state index contributed by atoms with van der Waals surface area (Å²) < 4.78 is 0. The molecular formula is C8H9N3O. The highest BCUT2D eigenvalue weighted by Gasteiger charge is 2.00. The molecule has 4 N–H and O–H groups in total. The SMILES string of the molecule is NCc1c[nH]c2[nH]c(=O)ccc12. The third-order valence-electron chi connectivity index (χ3n) is 1.88. The van der Waals surface area contributed by atoms with Crippen molar-refractivity contribution in [1.82, 2.24) is 9.97 Å². The molecular weight excluding hydrogens is 154 g/mol. The predicted octanol–water partition coefficient (Wildman–Crippen LogP) is 0.315. The average Bonchev–Trinajstić information content (AvgIpc) is 2.46. The summed E-state index contributed by atoms with van der Waals surface area (Å²) in [6.45, 7) is 0.478. The zero-order chi connectivity index (χ0) is 8.55. The highest BCUT2D eigenvalue weighted by molar-refractivity contribution is 5.79. The van der Waals surface area contributed by atoms with E-state index < -0.39 is 0 Å². The fraction of sp³-hybridized carbons (Fsp3) is 0.125. The Morgan fingerprint density at radius 2 is 2.25 bits per heavy atom. The number of nitrogens with one attached hydrogen (secondary N) is 2. The fourth-order valence-corrected chi connectivity index (χ4v) is 1.26. The molecule has 4 nitrogen and oxygen atoms in total. The Bertz CT molecular complexity index is 455. The van der Waals surface area contributed by atoms with Crippen molar-refractivity contribution in [2.24, 2.45) is 5.73 Å². The number of pyridine rings is 1. The molecule has 0 amide bonds. The number of hydrogen-bond donors (Lipinski definition) is 3. The van der Waals surface area contributed by atoms with Crippen LogP contribution in [-0.2, 0) is 6.54 Å². The van der Waals surface area contributed by atoms with Crippen molar-refractivity contribution in [2.75, 3.05) is 0 Å². The summed E-state index contributed by atoms with van der Waals surface area (Å²) in [6, 6.07) is 3.27. The second-order valence-electron chi connectivity index (χ2n) is 2.63. The molecule has 0 radical (unpaired) electrons. The zero-order valence-electron chi connectivity index (χ0n) is 6.42. The minimum absolute atomic E-state index is 0.104. The number of fused-ring (bicyclic) bond motifs is 1. The van der Waals surface area contributed by atoms with Crippen LogP contribution in [0, 0.1) is 0 Å². The van der Waals surface area contributed by atoms with Crippen LogP contribution in [0.1, 0.15) is 5.56 Å². The van der Waals surface area contributed by atoms with E-state index in [0.29, 0.717) is 6.54 Å². The van der Waals surface area contributed by atoms with Crippen molar-refractivity contribution in [2.45, 2.75) is 6.54 Å². The largest absolute Gasteiger partial charge is 0.347 e. The molecule has 0 fully saturated rings. The van der Waals surface area contributed by atoms with E-state index in [4.69, 9.17) is 5.73 Å². The molecule has 12 heavy (non-hydrogen) atoms. The fourth-order valence-electron chi connectivity index (χ4n) is 1.26. The molecule has 2 rings (SSSR count). The van der Waals surface area contributed by atoms with Crippen LogP contribution in [0.2, 0.25) is 0 Å². The maximum Gasteiger partial charge on any atom is 0.249 e. The molecule has 2 aromatic heterocycles. The Morgan fingerprint density at radius 3 is 3.00 bits per heavy atom. The molecule has 0 aliphatic carbocycles. The molecule has 0 atom stereocenters. The van der Waals surface area contributed by atoms with Crippen LogP contribution in [-0.4, -0.2) is 9.97 Å². The Morgan fingerprint density at radius 1 is 1.42 bits per heavy atom. The summed E-state index contributed by atoms with van der Waals surface area (Å²) in [5, 5.41) is 0.983. The van der Waals surface area contributed by atoms with Gasteiger partial charge < -0.3 is 15.7 Å². The summed E-state index contributed by atoms with van der Waals surface area (Å²) in [5.41, 5.74) is 7.14. The molecule has 0 unspecified atom stereocenters. The topological polar surface area (TPSA) is 74.7 Å². The Labute approximate surface area is 68.4 Å². The van der Waals surface area contributed by atoms with Gasteiger partial charge in [0.2, 0.25) is 5.56 Å². The van der Waals surface area contributed by atoms with E-state index in [9.17, 15) is 4.79 Å². The van der Waals surface area contributed by atoms with E-state index in [1.54, 1.807) is 12.3 Å². The van der Waals surface area contributed by atoms with Gasteiger partial charge in [0.15, 0.2) is 0 Å². The lowest BCUT2D eigenvalue weighted by molar-refractivity contribution is 1.08. The van der Waals surface area contributed by atoms with Gasteiger partial charge in [-0.1, -0.05) is 0 Å². The lowest BCUT2D eigenvalue weighted by Gasteiger charge is -1.91. The highest BCUT2D eigenvalue weighted by atomic mass is 16.1. The first kappa shape index (κ1) is 7.12. The van der Waals surface area contributed by atoms with E-state index in [1.807, 2.05) is 0 Å². The lowest BCUT2D eigenvalue weighted by atomic mass is 10.2. The van der Waals surface area contributed by atoms with Gasteiger partial charge >= 0.3 is 0 Å². The molecule has 62 valence electrons. The zero-order valence-corrected chi connectivity index (χ0v) is 6.42. The van der Waals surface area contributed by atoms with Gasteiger partial charge in [-0.3, -0.25) is 4.79 Å². The van der Waals surface area contributed by atoms with Crippen LogP contribution in [0.5, 0.6) is 0 Å². The summed E-state index contributed by atoms with van der Waals surface area (Å²) >= 11 is 0. The summed E-state index contributed by atoms with van der Waals surface area (Å²) in [6.07, 6.45) is 1.81. The maximum absolute atomic E-state index is 10.9. The van der Waals surface area contributed by atoms with E-state index in [2.05, 4.69) is 9.97 Å². The van der Waals surface area contributed by atoms with E-state index in [-0.39, 0.29) is 5.56 Å². The normalized spacial score (nSPS) is 10.8. The van der Waals surface area contributed by atoms with Crippen molar-refractivity contribution in [3.63, 3.8) is 0 Å². The first-order valence-corrected chi connectivity index (χ1v) is 3.70. The number of hydrogen-bond acceptors (Lipinski definition) is 2. The van der Waals surface area contributed by atoms with Gasteiger partial charge in [-0.05, 0) is 11.6 Å². The van der Waals surface area contributed by atoms with Gasteiger partial charge in [0.1, 0.15) is 5.65 Å². The monoisotopic (exact) mass is 163 g/mol. The van der Waals surface area contributed by atoms with Gasteiger partial charge in [0, 0.05) is 24.2 Å². The Hall–Kier alpha value is -1.55. The molecule has 2 aromatic rings. The molecule has 0 aliphatic rings. The van der Waals surface area contributed by atoms with Crippen LogP contribution in [0.25, 0.3) is 11.0 Å². The van der Waals surface area contributed by atoms with Crippen LogP contribution >= 0.6 is 0 Å². The van der Waals surface area contributed by atoms with Gasteiger partial charge in [-0.25, -0.2) is 0 Å². The third kappa shape index (κ3) is 0.931. The average molecular weight is 163 g/mol. The molecule has 0 saturated heterocycles. The smallest absolute Gasteiger partial charge is 0.249 e. The number of H-pyrrole nitrogens is 2. The lowest BCUT2D eigenvalue weighted by Crippen LogP contribution is -2.02. The second kappa shape index (κ2) is 2.49. The van der Waals surface area contributed by atoms with Crippen molar-refractivity contribution in [3.05, 3.63) is 34.2 Å². The quantitative estimate of drug-likeness (QED) is 0.566. The first-order valence-electron chi connectivity index (χ1n) is 3.70. The van der Waals surface area contributed by atoms with E-state index in [0.717, 1.165) is 16.6 Å². The van der Waals surface area contributed by atoms with E-state index in [1.165, 1.54) is 6.07 Å². The molecule has 0 aliphatic heterocycles. The van der Waals surface area contributed by atoms with Crippen LogP contribution in [0.15, 0.2) is 23.1 Å². The second-order valence-corrected chi connectivity index (χ2v) is 2.63. The maximum atomic E-state index is 10.9. The van der Waals surface area contributed by atoms with Crippen molar-refractivity contribution < 1.29 is 0 Å². The van der Waals surface area contributed by atoms with Crippen LogP contribution < -0.4 is 11.3 Å². The number of nitrogens with two attached hydrogens (primary N) is 1. The van der Waals surface area contributed by atoms with Gasteiger partial charge in [0.25, 0.3) is 0 Å². The van der Waals surface area contributed by atoms with Crippen molar-refractivity contribution in [1.29, 1.82) is 0 Å². The van der Waals surface area contributed by atoms with Gasteiger partial charge in [0.05, 0.1) is 0 Å². The van der Waals surface area contributed by atoms with Crippen molar-refractivity contribution in [3.8, 4) is 0 Å². The summed E-state index contributed by atoms with van der Waals surface area (Å²) in [5.74, 6) is 0. The standard InChI is InChI=1S/C8H9N3O/c9-3-5-4-10-8-6(5)1-2-7(12)11-8/h1-2,4H,3,9H2,(H2,10,11,12). The minimum atomic E-state index is -0.104.